The number of carbonyl (C=O) groups excluding carboxylic acids is 1. The number of hydrogen-bond acceptors (Lipinski definition) is 5. The van der Waals surface area contributed by atoms with Crippen molar-refractivity contribution >= 4 is 17.2 Å². The standard InChI is InChI=1S/C10H16N2O3S/c1-6(13)4-11-10(14)9-7(2)12-8(16-9)5-15-3/h6,13H,4-5H2,1-3H3,(H,11,14). The number of ether oxygens (including phenoxy) is 1. The topological polar surface area (TPSA) is 71.5 Å². The smallest absolute Gasteiger partial charge is 0.263 e. The van der Waals surface area contributed by atoms with Gasteiger partial charge in [-0.25, -0.2) is 4.98 Å². The molecule has 1 rings (SSSR count). The van der Waals surface area contributed by atoms with Crippen LogP contribution in [0.5, 0.6) is 0 Å². The van der Waals surface area contributed by atoms with Crippen LogP contribution < -0.4 is 5.32 Å². The Hall–Kier alpha value is -0.980. The second kappa shape index (κ2) is 5.93. The minimum absolute atomic E-state index is 0.196. The predicted molar refractivity (Wildman–Crippen MR) is 61.6 cm³/mol. The fourth-order valence-electron chi connectivity index (χ4n) is 1.17. The van der Waals surface area contributed by atoms with Crippen LogP contribution in [0.3, 0.4) is 0 Å². The number of aromatic nitrogens is 1. The molecule has 0 aliphatic rings. The van der Waals surface area contributed by atoms with Crippen LogP contribution in [0.25, 0.3) is 0 Å². The number of methoxy groups -OCH3 is 1. The van der Waals surface area contributed by atoms with Crippen LogP contribution in [0, 0.1) is 6.92 Å². The lowest BCUT2D eigenvalue weighted by Gasteiger charge is -2.05. The van der Waals surface area contributed by atoms with Gasteiger partial charge in [-0.2, -0.15) is 0 Å². The van der Waals surface area contributed by atoms with Crippen molar-refractivity contribution < 1.29 is 14.6 Å². The molecule has 1 unspecified atom stereocenters. The number of carbonyl (C=O) groups is 1. The maximum atomic E-state index is 11.7. The zero-order valence-corrected chi connectivity index (χ0v) is 10.4. The minimum atomic E-state index is -0.546. The summed E-state index contributed by atoms with van der Waals surface area (Å²) in [5, 5.41) is 12.5. The first kappa shape index (κ1) is 13.1. The van der Waals surface area contributed by atoms with Gasteiger partial charge in [0.25, 0.3) is 5.91 Å². The van der Waals surface area contributed by atoms with E-state index in [2.05, 4.69) is 10.3 Å². The highest BCUT2D eigenvalue weighted by Crippen LogP contribution is 2.18. The summed E-state index contributed by atoms with van der Waals surface area (Å²) in [6.45, 7) is 4.06. The molecule has 1 aromatic heterocycles. The highest BCUT2D eigenvalue weighted by atomic mass is 32.1. The summed E-state index contributed by atoms with van der Waals surface area (Å²) in [5.74, 6) is -0.196. The van der Waals surface area contributed by atoms with Crippen LogP contribution in [0.15, 0.2) is 0 Å². The lowest BCUT2D eigenvalue weighted by molar-refractivity contribution is 0.0927. The van der Waals surface area contributed by atoms with Crippen LogP contribution in [0.1, 0.15) is 27.3 Å². The van der Waals surface area contributed by atoms with Crippen molar-refractivity contribution in [3.05, 3.63) is 15.6 Å². The van der Waals surface area contributed by atoms with E-state index < -0.39 is 6.10 Å². The highest BCUT2D eigenvalue weighted by Gasteiger charge is 2.15. The van der Waals surface area contributed by atoms with Gasteiger partial charge in [0.15, 0.2) is 0 Å². The quantitative estimate of drug-likeness (QED) is 0.800. The molecule has 0 aliphatic heterocycles. The molecular formula is C10H16N2O3S. The fraction of sp³-hybridized carbons (Fsp3) is 0.600. The van der Waals surface area contributed by atoms with E-state index >= 15 is 0 Å². The molecule has 1 heterocycles. The maximum absolute atomic E-state index is 11.7. The van der Waals surface area contributed by atoms with Gasteiger partial charge in [-0.15, -0.1) is 11.3 Å². The summed E-state index contributed by atoms with van der Waals surface area (Å²) in [6.07, 6.45) is -0.546. The molecule has 0 saturated carbocycles. The molecule has 1 amide bonds. The van der Waals surface area contributed by atoms with Crippen LogP contribution in [0.4, 0.5) is 0 Å². The zero-order valence-electron chi connectivity index (χ0n) is 9.61. The fourth-order valence-corrected chi connectivity index (χ4v) is 2.12. The van der Waals surface area contributed by atoms with Crippen LogP contribution in [-0.2, 0) is 11.3 Å². The third kappa shape index (κ3) is 3.55. The molecule has 16 heavy (non-hydrogen) atoms. The minimum Gasteiger partial charge on any atom is -0.392 e. The van der Waals surface area contributed by atoms with Crippen molar-refractivity contribution in [2.24, 2.45) is 0 Å². The Morgan fingerprint density at radius 3 is 2.94 bits per heavy atom. The van der Waals surface area contributed by atoms with Gasteiger partial charge in [-0.3, -0.25) is 4.79 Å². The van der Waals surface area contributed by atoms with Crippen molar-refractivity contribution in [2.75, 3.05) is 13.7 Å². The lowest BCUT2D eigenvalue weighted by atomic mass is 10.3. The molecule has 0 fully saturated rings. The Labute approximate surface area is 98.5 Å². The lowest BCUT2D eigenvalue weighted by Crippen LogP contribution is -2.30. The first-order valence-electron chi connectivity index (χ1n) is 4.96. The zero-order chi connectivity index (χ0) is 12.1. The monoisotopic (exact) mass is 244 g/mol. The summed E-state index contributed by atoms with van der Waals surface area (Å²) < 4.78 is 4.95. The van der Waals surface area contributed by atoms with Crippen molar-refractivity contribution in [3.63, 3.8) is 0 Å². The molecule has 1 atom stereocenters. The van der Waals surface area contributed by atoms with Gasteiger partial charge in [-0.1, -0.05) is 0 Å². The molecule has 0 bridgehead atoms. The first-order valence-corrected chi connectivity index (χ1v) is 5.77. The number of aliphatic hydroxyl groups excluding tert-OH is 1. The maximum Gasteiger partial charge on any atom is 0.263 e. The van der Waals surface area contributed by atoms with E-state index in [1.807, 2.05) is 0 Å². The van der Waals surface area contributed by atoms with E-state index in [1.54, 1.807) is 21.0 Å². The van der Waals surface area contributed by atoms with E-state index in [0.29, 0.717) is 17.2 Å². The van der Waals surface area contributed by atoms with Crippen LogP contribution >= 0.6 is 11.3 Å². The number of aryl methyl sites for hydroxylation is 1. The van der Waals surface area contributed by atoms with Crippen molar-refractivity contribution in [1.29, 1.82) is 0 Å². The Morgan fingerprint density at radius 1 is 1.69 bits per heavy atom. The molecule has 90 valence electrons. The molecule has 5 nitrogen and oxygen atoms in total. The second-order valence-corrected chi connectivity index (χ2v) is 4.60. The Kier molecular flexibility index (Phi) is 4.85. The SMILES string of the molecule is COCc1nc(C)c(C(=O)NCC(C)O)s1. The molecule has 0 saturated heterocycles. The third-order valence-corrected chi connectivity index (χ3v) is 3.00. The number of thiazole rings is 1. The van der Waals surface area contributed by atoms with Crippen LogP contribution in [0.2, 0.25) is 0 Å². The average Bonchev–Trinajstić information content (AvgIpc) is 2.56. The number of hydrogen-bond donors (Lipinski definition) is 2. The van der Waals surface area contributed by atoms with E-state index in [4.69, 9.17) is 9.84 Å². The molecule has 1 aromatic rings. The van der Waals surface area contributed by atoms with Gasteiger partial charge in [0.1, 0.15) is 9.88 Å². The Bertz CT molecular complexity index is 363. The summed E-state index contributed by atoms with van der Waals surface area (Å²) in [5.41, 5.74) is 0.695. The van der Waals surface area contributed by atoms with E-state index in [0.717, 1.165) is 5.01 Å². The molecule has 0 aliphatic carbocycles. The summed E-state index contributed by atoms with van der Waals surface area (Å²) in [6, 6.07) is 0. The summed E-state index contributed by atoms with van der Waals surface area (Å²) >= 11 is 1.31. The van der Waals surface area contributed by atoms with Crippen LogP contribution in [-0.4, -0.2) is 35.8 Å². The Balaban J connectivity index is 2.67. The largest absolute Gasteiger partial charge is 0.392 e. The summed E-state index contributed by atoms with van der Waals surface area (Å²) in [7, 11) is 1.59. The van der Waals surface area contributed by atoms with Gasteiger partial charge in [0.2, 0.25) is 0 Å². The predicted octanol–water partition coefficient (Wildman–Crippen LogP) is 0.709. The number of amides is 1. The van der Waals surface area contributed by atoms with Crippen molar-refractivity contribution in [3.8, 4) is 0 Å². The number of nitrogens with zero attached hydrogens (tertiary/aromatic N) is 1. The molecule has 0 radical (unpaired) electrons. The average molecular weight is 244 g/mol. The van der Waals surface area contributed by atoms with Gasteiger partial charge in [0, 0.05) is 13.7 Å². The van der Waals surface area contributed by atoms with E-state index in [9.17, 15) is 4.79 Å². The molecule has 0 aromatic carbocycles. The van der Waals surface area contributed by atoms with Gasteiger partial charge in [0.05, 0.1) is 18.4 Å². The van der Waals surface area contributed by atoms with Crippen molar-refractivity contribution in [1.82, 2.24) is 10.3 Å². The van der Waals surface area contributed by atoms with Gasteiger partial charge >= 0.3 is 0 Å². The number of rotatable bonds is 5. The summed E-state index contributed by atoms with van der Waals surface area (Å²) in [4.78, 5) is 16.5. The van der Waals surface area contributed by atoms with Gasteiger partial charge in [-0.05, 0) is 13.8 Å². The molecule has 2 N–H and O–H groups in total. The molecule has 6 heteroatoms. The third-order valence-electron chi connectivity index (χ3n) is 1.87. The molecular weight excluding hydrogens is 228 g/mol. The second-order valence-electron chi connectivity index (χ2n) is 3.51. The van der Waals surface area contributed by atoms with Crippen molar-refractivity contribution in [2.45, 2.75) is 26.6 Å². The van der Waals surface area contributed by atoms with E-state index in [-0.39, 0.29) is 12.5 Å². The number of nitrogens with one attached hydrogen (secondary N) is 1. The highest BCUT2D eigenvalue weighted by molar-refractivity contribution is 7.13. The molecule has 0 spiro atoms. The number of aliphatic hydroxyl groups is 1. The first-order chi connectivity index (χ1) is 7.54. The van der Waals surface area contributed by atoms with E-state index in [1.165, 1.54) is 11.3 Å². The Morgan fingerprint density at radius 2 is 2.38 bits per heavy atom. The van der Waals surface area contributed by atoms with Gasteiger partial charge < -0.3 is 15.2 Å². The normalized spacial score (nSPS) is 12.5.